The molecule has 0 aliphatic carbocycles. The SMILES string of the molecule is CCNC(=O)c1ccc(N)cc1NCc1csc(=O)[nH]1. The maximum Gasteiger partial charge on any atom is 0.304 e. The zero-order chi connectivity index (χ0) is 14.5. The van der Waals surface area contributed by atoms with Crippen molar-refractivity contribution in [3.63, 3.8) is 0 Å². The predicted octanol–water partition coefficient (Wildman–Crippen LogP) is 1.38. The van der Waals surface area contributed by atoms with E-state index in [4.69, 9.17) is 5.73 Å². The van der Waals surface area contributed by atoms with Gasteiger partial charge in [0.25, 0.3) is 5.91 Å². The van der Waals surface area contributed by atoms with Crippen LogP contribution in [0.3, 0.4) is 0 Å². The molecule has 1 amide bonds. The minimum absolute atomic E-state index is 0.0988. The Balaban J connectivity index is 2.18. The van der Waals surface area contributed by atoms with Gasteiger partial charge in [-0.05, 0) is 25.1 Å². The van der Waals surface area contributed by atoms with Crippen LogP contribution in [0.2, 0.25) is 0 Å². The molecule has 0 bridgehead atoms. The Hall–Kier alpha value is -2.28. The number of benzene rings is 1. The van der Waals surface area contributed by atoms with Gasteiger partial charge < -0.3 is 21.4 Å². The average molecular weight is 292 g/mol. The number of hydrogen-bond donors (Lipinski definition) is 4. The van der Waals surface area contributed by atoms with Gasteiger partial charge in [0.05, 0.1) is 12.1 Å². The summed E-state index contributed by atoms with van der Waals surface area (Å²) in [6.45, 7) is 2.84. The topological polar surface area (TPSA) is 100 Å². The van der Waals surface area contributed by atoms with Crippen LogP contribution in [0.15, 0.2) is 28.4 Å². The molecule has 7 heteroatoms. The molecular formula is C13H16N4O2S. The predicted molar refractivity (Wildman–Crippen MR) is 81.1 cm³/mol. The van der Waals surface area contributed by atoms with Crippen LogP contribution >= 0.6 is 11.3 Å². The van der Waals surface area contributed by atoms with E-state index in [2.05, 4.69) is 15.6 Å². The minimum atomic E-state index is -0.159. The molecule has 0 unspecified atom stereocenters. The Morgan fingerprint density at radius 1 is 1.45 bits per heavy atom. The van der Waals surface area contributed by atoms with Crippen LogP contribution in [0.5, 0.6) is 0 Å². The number of aromatic nitrogens is 1. The highest BCUT2D eigenvalue weighted by Gasteiger charge is 2.11. The van der Waals surface area contributed by atoms with Gasteiger partial charge in [0.1, 0.15) is 0 Å². The van der Waals surface area contributed by atoms with E-state index < -0.39 is 0 Å². The zero-order valence-electron chi connectivity index (χ0n) is 11.0. The van der Waals surface area contributed by atoms with E-state index in [9.17, 15) is 9.59 Å². The van der Waals surface area contributed by atoms with Crippen LogP contribution in [0.1, 0.15) is 23.0 Å². The summed E-state index contributed by atoms with van der Waals surface area (Å²) in [4.78, 5) is 25.6. The van der Waals surface area contributed by atoms with Crippen molar-refractivity contribution in [3.8, 4) is 0 Å². The summed E-state index contributed by atoms with van der Waals surface area (Å²) in [5, 5.41) is 7.61. The van der Waals surface area contributed by atoms with Crippen molar-refractivity contribution in [3.05, 3.63) is 44.5 Å². The lowest BCUT2D eigenvalue weighted by atomic mass is 10.1. The van der Waals surface area contributed by atoms with Crippen molar-refractivity contribution in [1.29, 1.82) is 0 Å². The third kappa shape index (κ3) is 3.39. The lowest BCUT2D eigenvalue weighted by Gasteiger charge is -2.12. The third-order valence-corrected chi connectivity index (χ3v) is 3.38. The summed E-state index contributed by atoms with van der Waals surface area (Å²) < 4.78 is 0. The van der Waals surface area contributed by atoms with E-state index >= 15 is 0 Å². The molecule has 0 spiro atoms. The number of aromatic amines is 1. The van der Waals surface area contributed by atoms with Crippen LogP contribution < -0.4 is 21.2 Å². The first-order chi connectivity index (χ1) is 9.60. The Bertz CT molecular complexity index is 662. The van der Waals surface area contributed by atoms with Gasteiger partial charge >= 0.3 is 4.87 Å². The lowest BCUT2D eigenvalue weighted by molar-refractivity contribution is 0.0956. The van der Waals surface area contributed by atoms with E-state index in [0.717, 1.165) is 17.0 Å². The molecule has 0 saturated heterocycles. The minimum Gasteiger partial charge on any atom is -0.399 e. The van der Waals surface area contributed by atoms with Gasteiger partial charge in [-0.25, -0.2) is 0 Å². The summed E-state index contributed by atoms with van der Waals surface area (Å²) in [5.74, 6) is -0.159. The number of nitrogens with two attached hydrogens (primary N) is 1. The van der Waals surface area contributed by atoms with Crippen molar-refractivity contribution in [1.82, 2.24) is 10.3 Å². The number of H-pyrrole nitrogens is 1. The fourth-order valence-corrected chi connectivity index (χ4v) is 2.33. The first kappa shape index (κ1) is 14.1. The highest BCUT2D eigenvalue weighted by Crippen LogP contribution is 2.20. The Kier molecular flexibility index (Phi) is 4.41. The van der Waals surface area contributed by atoms with Crippen LogP contribution in [-0.4, -0.2) is 17.4 Å². The fourth-order valence-electron chi connectivity index (χ4n) is 1.75. The molecule has 106 valence electrons. The Morgan fingerprint density at radius 2 is 2.25 bits per heavy atom. The summed E-state index contributed by atoms with van der Waals surface area (Å²) in [5.41, 5.74) is 8.25. The fraction of sp³-hybridized carbons (Fsp3) is 0.231. The number of rotatable bonds is 5. The second-order valence-electron chi connectivity index (χ2n) is 4.19. The van der Waals surface area contributed by atoms with E-state index in [0.29, 0.717) is 30.0 Å². The number of nitrogens with one attached hydrogen (secondary N) is 3. The first-order valence-electron chi connectivity index (χ1n) is 6.18. The first-order valence-corrected chi connectivity index (χ1v) is 7.06. The smallest absolute Gasteiger partial charge is 0.304 e. The number of carbonyl (C=O) groups excluding carboxylic acids is 1. The zero-order valence-corrected chi connectivity index (χ0v) is 11.8. The monoisotopic (exact) mass is 292 g/mol. The lowest BCUT2D eigenvalue weighted by Crippen LogP contribution is -2.24. The Labute approximate surface area is 120 Å². The average Bonchev–Trinajstić information content (AvgIpc) is 2.82. The van der Waals surface area contributed by atoms with Crippen molar-refractivity contribution < 1.29 is 4.79 Å². The molecule has 5 N–H and O–H groups in total. The number of nitrogen functional groups attached to an aromatic ring is 1. The van der Waals surface area contributed by atoms with E-state index in [1.54, 1.807) is 23.6 Å². The van der Waals surface area contributed by atoms with E-state index in [1.807, 2.05) is 6.92 Å². The molecule has 2 aromatic rings. The molecule has 6 nitrogen and oxygen atoms in total. The number of carbonyl (C=O) groups is 1. The maximum atomic E-state index is 11.9. The molecule has 1 aromatic carbocycles. The van der Waals surface area contributed by atoms with Gasteiger partial charge in [-0.2, -0.15) is 0 Å². The second-order valence-corrected chi connectivity index (χ2v) is 5.03. The number of anilines is 2. The van der Waals surface area contributed by atoms with Crippen molar-refractivity contribution >= 4 is 28.6 Å². The van der Waals surface area contributed by atoms with Crippen LogP contribution in [0, 0.1) is 0 Å². The van der Waals surface area contributed by atoms with Crippen molar-refractivity contribution in [2.75, 3.05) is 17.6 Å². The molecule has 0 aliphatic rings. The van der Waals surface area contributed by atoms with Crippen molar-refractivity contribution in [2.24, 2.45) is 0 Å². The number of thiazole rings is 1. The molecule has 1 aromatic heterocycles. The maximum absolute atomic E-state index is 11.9. The standard InChI is InChI=1S/C13H16N4O2S/c1-2-15-12(18)10-4-3-8(14)5-11(10)16-6-9-7-20-13(19)17-9/h3-5,7,16H,2,6,14H2,1H3,(H,15,18)(H,17,19). The highest BCUT2D eigenvalue weighted by atomic mass is 32.1. The van der Waals surface area contributed by atoms with Crippen LogP contribution in [0.25, 0.3) is 0 Å². The summed E-state index contributed by atoms with van der Waals surface area (Å²) >= 11 is 1.11. The molecular weight excluding hydrogens is 276 g/mol. The highest BCUT2D eigenvalue weighted by molar-refractivity contribution is 7.07. The molecule has 0 radical (unpaired) electrons. The van der Waals surface area contributed by atoms with Gasteiger partial charge in [-0.3, -0.25) is 9.59 Å². The number of hydrogen-bond acceptors (Lipinski definition) is 5. The summed E-state index contributed by atoms with van der Waals surface area (Å²) in [6, 6.07) is 5.07. The van der Waals surface area contributed by atoms with Gasteiger partial charge in [0.2, 0.25) is 0 Å². The van der Waals surface area contributed by atoms with Crippen LogP contribution in [0.4, 0.5) is 11.4 Å². The largest absolute Gasteiger partial charge is 0.399 e. The van der Waals surface area contributed by atoms with Gasteiger partial charge in [0.15, 0.2) is 0 Å². The van der Waals surface area contributed by atoms with E-state index in [-0.39, 0.29) is 10.8 Å². The molecule has 0 saturated carbocycles. The molecule has 20 heavy (non-hydrogen) atoms. The molecule has 1 heterocycles. The molecule has 2 rings (SSSR count). The normalized spacial score (nSPS) is 10.2. The van der Waals surface area contributed by atoms with E-state index in [1.165, 1.54) is 0 Å². The van der Waals surface area contributed by atoms with Crippen LogP contribution in [-0.2, 0) is 6.54 Å². The van der Waals surface area contributed by atoms with Gasteiger partial charge in [-0.1, -0.05) is 11.3 Å². The Morgan fingerprint density at radius 3 is 2.90 bits per heavy atom. The van der Waals surface area contributed by atoms with Gasteiger partial charge in [0, 0.05) is 29.0 Å². The quantitative estimate of drug-likeness (QED) is 0.625. The molecule has 0 atom stereocenters. The van der Waals surface area contributed by atoms with Crippen molar-refractivity contribution in [2.45, 2.75) is 13.5 Å². The summed E-state index contributed by atoms with van der Waals surface area (Å²) in [7, 11) is 0. The molecule has 0 aliphatic heterocycles. The summed E-state index contributed by atoms with van der Waals surface area (Å²) in [6.07, 6.45) is 0. The second kappa shape index (κ2) is 6.25. The number of amides is 1. The van der Waals surface area contributed by atoms with Gasteiger partial charge in [-0.15, -0.1) is 0 Å². The molecule has 0 fully saturated rings. The third-order valence-electron chi connectivity index (χ3n) is 2.67.